The van der Waals surface area contributed by atoms with Crippen LogP contribution in [0.2, 0.25) is 0 Å². The number of aryl methyl sites for hydroxylation is 2. The van der Waals surface area contributed by atoms with Crippen molar-refractivity contribution < 1.29 is 18.8 Å². The van der Waals surface area contributed by atoms with E-state index in [0.717, 1.165) is 28.3 Å². The molecular formula is C17H20N2O4. The zero-order valence-corrected chi connectivity index (χ0v) is 13.6. The van der Waals surface area contributed by atoms with Gasteiger partial charge >= 0.3 is 0 Å². The lowest BCUT2D eigenvalue weighted by atomic mass is 10.1. The Morgan fingerprint density at radius 3 is 2.65 bits per heavy atom. The van der Waals surface area contributed by atoms with Crippen LogP contribution in [0.15, 0.2) is 22.7 Å². The number of hydrogen-bond donors (Lipinski definition) is 0. The summed E-state index contributed by atoms with van der Waals surface area (Å²) >= 11 is 0. The Morgan fingerprint density at radius 2 is 1.96 bits per heavy atom. The summed E-state index contributed by atoms with van der Waals surface area (Å²) < 4.78 is 16.2. The van der Waals surface area contributed by atoms with E-state index in [1.54, 1.807) is 11.9 Å². The first-order chi connectivity index (χ1) is 11.0. The largest absolute Gasteiger partial charge is 0.486 e. The molecule has 1 aliphatic rings. The zero-order valence-electron chi connectivity index (χ0n) is 13.6. The number of fused-ring (bicyclic) bond motifs is 1. The molecule has 6 nitrogen and oxygen atoms in total. The number of amides is 1. The van der Waals surface area contributed by atoms with Gasteiger partial charge in [-0.1, -0.05) is 11.2 Å². The van der Waals surface area contributed by atoms with Crippen molar-refractivity contribution in [1.82, 2.24) is 10.1 Å². The molecule has 0 aliphatic carbocycles. The number of carbonyl (C=O) groups is 1. The SMILES string of the molecule is Cc1noc(C)c1CC(=O)N(C)Cc1ccc2c(c1)OCCO2. The van der Waals surface area contributed by atoms with E-state index in [2.05, 4.69) is 5.16 Å². The summed E-state index contributed by atoms with van der Waals surface area (Å²) in [5.41, 5.74) is 2.64. The van der Waals surface area contributed by atoms with Crippen LogP contribution in [-0.2, 0) is 17.8 Å². The highest BCUT2D eigenvalue weighted by molar-refractivity contribution is 5.79. The Bertz CT molecular complexity index is 704. The fraction of sp³-hybridized carbons (Fsp3) is 0.412. The van der Waals surface area contributed by atoms with Gasteiger partial charge in [0.25, 0.3) is 0 Å². The average Bonchev–Trinajstić information content (AvgIpc) is 2.86. The number of benzene rings is 1. The summed E-state index contributed by atoms with van der Waals surface area (Å²) in [4.78, 5) is 14.1. The van der Waals surface area contributed by atoms with Gasteiger partial charge in [-0.25, -0.2) is 0 Å². The number of rotatable bonds is 4. The molecule has 1 aromatic heterocycles. The molecule has 122 valence electrons. The minimum absolute atomic E-state index is 0.0225. The molecule has 1 aromatic carbocycles. The maximum Gasteiger partial charge on any atom is 0.227 e. The van der Waals surface area contributed by atoms with Gasteiger partial charge in [-0.3, -0.25) is 4.79 Å². The molecule has 0 radical (unpaired) electrons. The van der Waals surface area contributed by atoms with Crippen LogP contribution in [0.4, 0.5) is 0 Å². The van der Waals surface area contributed by atoms with Crippen LogP contribution in [-0.4, -0.2) is 36.2 Å². The van der Waals surface area contributed by atoms with E-state index in [1.165, 1.54) is 0 Å². The Balaban J connectivity index is 1.66. The third-order valence-electron chi connectivity index (χ3n) is 3.96. The van der Waals surface area contributed by atoms with Gasteiger partial charge < -0.3 is 18.9 Å². The molecule has 23 heavy (non-hydrogen) atoms. The first-order valence-electron chi connectivity index (χ1n) is 7.59. The topological polar surface area (TPSA) is 64.8 Å². The molecule has 1 aliphatic heterocycles. The molecule has 0 unspecified atom stereocenters. The van der Waals surface area contributed by atoms with E-state index in [-0.39, 0.29) is 5.91 Å². The van der Waals surface area contributed by atoms with Crippen molar-refractivity contribution in [3.05, 3.63) is 40.8 Å². The van der Waals surface area contributed by atoms with Crippen molar-refractivity contribution in [1.29, 1.82) is 0 Å². The highest BCUT2D eigenvalue weighted by atomic mass is 16.6. The van der Waals surface area contributed by atoms with Crippen LogP contribution in [0, 0.1) is 13.8 Å². The lowest BCUT2D eigenvalue weighted by Crippen LogP contribution is -2.28. The first-order valence-corrected chi connectivity index (χ1v) is 7.59. The Morgan fingerprint density at radius 1 is 1.22 bits per heavy atom. The maximum absolute atomic E-state index is 12.4. The van der Waals surface area contributed by atoms with Crippen LogP contribution in [0.1, 0.15) is 22.6 Å². The van der Waals surface area contributed by atoms with Crippen molar-refractivity contribution in [2.75, 3.05) is 20.3 Å². The van der Waals surface area contributed by atoms with E-state index in [1.807, 2.05) is 32.0 Å². The summed E-state index contributed by atoms with van der Waals surface area (Å²) in [5.74, 6) is 2.21. The molecule has 0 atom stereocenters. The van der Waals surface area contributed by atoms with Crippen molar-refractivity contribution in [3.63, 3.8) is 0 Å². The summed E-state index contributed by atoms with van der Waals surface area (Å²) in [6, 6.07) is 5.76. The Hall–Kier alpha value is -2.50. The van der Waals surface area contributed by atoms with Crippen LogP contribution in [0.5, 0.6) is 11.5 Å². The number of hydrogen-bond acceptors (Lipinski definition) is 5. The molecule has 0 saturated heterocycles. The van der Waals surface area contributed by atoms with Gasteiger partial charge in [0.15, 0.2) is 11.5 Å². The quantitative estimate of drug-likeness (QED) is 0.866. The molecule has 0 fully saturated rings. The van der Waals surface area contributed by atoms with Crippen molar-refractivity contribution >= 4 is 5.91 Å². The minimum atomic E-state index is 0.0225. The monoisotopic (exact) mass is 316 g/mol. The van der Waals surface area contributed by atoms with E-state index >= 15 is 0 Å². The van der Waals surface area contributed by atoms with Crippen molar-refractivity contribution in [3.8, 4) is 11.5 Å². The van der Waals surface area contributed by atoms with E-state index in [0.29, 0.717) is 31.9 Å². The van der Waals surface area contributed by atoms with E-state index in [4.69, 9.17) is 14.0 Å². The number of aromatic nitrogens is 1. The van der Waals surface area contributed by atoms with Crippen molar-refractivity contribution in [2.45, 2.75) is 26.8 Å². The Kier molecular flexibility index (Phi) is 4.23. The van der Waals surface area contributed by atoms with Crippen LogP contribution in [0.25, 0.3) is 0 Å². The lowest BCUT2D eigenvalue weighted by molar-refractivity contribution is -0.129. The molecule has 1 amide bonds. The van der Waals surface area contributed by atoms with E-state index in [9.17, 15) is 4.79 Å². The smallest absolute Gasteiger partial charge is 0.227 e. The summed E-state index contributed by atoms with van der Waals surface area (Å²) in [5, 5.41) is 3.88. The van der Waals surface area contributed by atoms with Gasteiger partial charge in [0, 0.05) is 19.2 Å². The number of carbonyl (C=O) groups excluding carboxylic acids is 1. The molecule has 0 saturated carbocycles. The number of nitrogens with zero attached hydrogens (tertiary/aromatic N) is 2. The second kappa shape index (κ2) is 6.32. The second-order valence-electron chi connectivity index (χ2n) is 5.71. The molecule has 2 aromatic rings. The molecule has 0 N–H and O–H groups in total. The zero-order chi connectivity index (χ0) is 16.4. The lowest BCUT2D eigenvalue weighted by Gasteiger charge is -2.21. The van der Waals surface area contributed by atoms with E-state index < -0.39 is 0 Å². The van der Waals surface area contributed by atoms with Gasteiger partial charge in [0.2, 0.25) is 5.91 Å². The second-order valence-corrected chi connectivity index (χ2v) is 5.71. The normalized spacial score (nSPS) is 13.0. The maximum atomic E-state index is 12.4. The summed E-state index contributed by atoms with van der Waals surface area (Å²) in [6.07, 6.45) is 0.294. The molecule has 2 heterocycles. The number of ether oxygens (including phenoxy) is 2. The van der Waals surface area contributed by atoms with Gasteiger partial charge in [-0.2, -0.15) is 0 Å². The number of likely N-dealkylation sites (N-methyl/N-ethyl adjacent to an activating group) is 1. The van der Waals surface area contributed by atoms with Gasteiger partial charge in [-0.05, 0) is 31.5 Å². The molecule has 0 bridgehead atoms. The van der Waals surface area contributed by atoms with Crippen LogP contribution in [0.3, 0.4) is 0 Å². The predicted molar refractivity (Wildman–Crippen MR) is 83.6 cm³/mol. The highest BCUT2D eigenvalue weighted by Gasteiger charge is 2.18. The molecule has 3 rings (SSSR count). The summed E-state index contributed by atoms with van der Waals surface area (Å²) in [7, 11) is 1.79. The van der Waals surface area contributed by atoms with Gasteiger partial charge in [-0.15, -0.1) is 0 Å². The molecule has 0 spiro atoms. The average molecular weight is 316 g/mol. The Labute approximate surface area is 135 Å². The van der Waals surface area contributed by atoms with Crippen LogP contribution >= 0.6 is 0 Å². The molecular weight excluding hydrogens is 296 g/mol. The summed E-state index contributed by atoms with van der Waals surface area (Å²) in [6.45, 7) is 5.31. The van der Waals surface area contributed by atoms with Crippen LogP contribution < -0.4 is 9.47 Å². The van der Waals surface area contributed by atoms with Crippen molar-refractivity contribution in [2.24, 2.45) is 0 Å². The first kappa shape index (κ1) is 15.4. The molecule has 6 heteroatoms. The minimum Gasteiger partial charge on any atom is -0.486 e. The third kappa shape index (κ3) is 3.31. The highest BCUT2D eigenvalue weighted by Crippen LogP contribution is 2.31. The van der Waals surface area contributed by atoms with Gasteiger partial charge in [0.05, 0.1) is 12.1 Å². The fourth-order valence-corrected chi connectivity index (χ4v) is 2.59. The van der Waals surface area contributed by atoms with Gasteiger partial charge in [0.1, 0.15) is 19.0 Å². The standard InChI is InChI=1S/C17H20N2O4/c1-11-14(12(2)23-18-11)9-17(20)19(3)10-13-4-5-15-16(8-13)22-7-6-21-15/h4-5,8H,6-7,9-10H2,1-3H3. The third-order valence-corrected chi connectivity index (χ3v) is 3.96. The predicted octanol–water partition coefficient (Wildman–Crippen LogP) is 2.26. The fourth-order valence-electron chi connectivity index (χ4n) is 2.59.